The van der Waals surface area contributed by atoms with Crippen LogP contribution in [0.1, 0.15) is 31.2 Å². The van der Waals surface area contributed by atoms with E-state index in [1.165, 1.54) is 31.2 Å². The van der Waals surface area contributed by atoms with Crippen LogP contribution in [0.15, 0.2) is 24.3 Å². The molecule has 0 aliphatic heterocycles. The van der Waals surface area contributed by atoms with Gasteiger partial charge in [-0.3, -0.25) is 0 Å². The number of benzene rings is 1. The van der Waals surface area contributed by atoms with E-state index in [9.17, 15) is 5.11 Å². The van der Waals surface area contributed by atoms with Crippen LogP contribution < -0.4 is 5.32 Å². The Morgan fingerprint density at radius 2 is 2.12 bits per heavy atom. The smallest absolute Gasteiger partial charge is 0.0635 e. The van der Waals surface area contributed by atoms with Crippen molar-refractivity contribution in [1.29, 1.82) is 0 Å². The lowest BCUT2D eigenvalue weighted by Gasteiger charge is -2.23. The maximum atomic E-state index is 9.45. The van der Waals surface area contributed by atoms with Gasteiger partial charge in [-0.2, -0.15) is 0 Å². The number of anilines is 1. The minimum atomic E-state index is 0.226. The Hall–Kier alpha value is -1.02. The number of hydrogen-bond donors (Lipinski definition) is 2. The van der Waals surface area contributed by atoms with Gasteiger partial charge < -0.3 is 10.4 Å². The number of aliphatic hydroxyl groups is 1. The maximum Gasteiger partial charge on any atom is 0.0635 e. The molecule has 0 saturated heterocycles. The van der Waals surface area contributed by atoms with Crippen molar-refractivity contribution in [3.8, 4) is 0 Å². The van der Waals surface area contributed by atoms with Gasteiger partial charge in [-0.15, -0.1) is 0 Å². The van der Waals surface area contributed by atoms with E-state index in [1.807, 2.05) is 0 Å². The highest BCUT2D eigenvalue weighted by molar-refractivity contribution is 5.46. The molecule has 2 nitrogen and oxygen atoms in total. The van der Waals surface area contributed by atoms with Gasteiger partial charge in [0.15, 0.2) is 0 Å². The van der Waals surface area contributed by atoms with Crippen LogP contribution in [0.2, 0.25) is 0 Å². The lowest BCUT2D eigenvalue weighted by Crippen LogP contribution is -2.31. The molecule has 0 amide bonds. The summed E-state index contributed by atoms with van der Waals surface area (Å²) in [6.07, 6.45) is 5.14. The van der Waals surface area contributed by atoms with Crippen LogP contribution in [-0.4, -0.2) is 17.8 Å². The summed E-state index contributed by atoms with van der Waals surface area (Å²) in [5.41, 5.74) is 2.39. The predicted octanol–water partition coefficient (Wildman–Crippen LogP) is 2.96. The highest BCUT2D eigenvalue weighted by Crippen LogP contribution is 2.29. The molecule has 0 heterocycles. The Kier molecular flexibility index (Phi) is 3.83. The van der Waals surface area contributed by atoms with Gasteiger partial charge in [0.25, 0.3) is 0 Å². The van der Waals surface area contributed by atoms with Gasteiger partial charge in [0.1, 0.15) is 0 Å². The summed E-state index contributed by atoms with van der Waals surface area (Å²) in [6, 6.07) is 8.59. The summed E-state index contributed by atoms with van der Waals surface area (Å²) in [5, 5.41) is 12.9. The Balaban J connectivity index is 2.00. The van der Waals surface area contributed by atoms with Crippen LogP contribution in [-0.2, 0) is 0 Å². The fourth-order valence-corrected chi connectivity index (χ4v) is 2.62. The summed E-state index contributed by atoms with van der Waals surface area (Å²) >= 11 is 0. The standard InChI is InChI=1S/C14H21NO/c1-11-5-4-8-13(9-11)15-14(10-16)12-6-2-3-7-12/h4-5,8-9,12,14-16H,2-3,6-7,10H2,1H3. The molecule has 2 heteroatoms. The third-order valence-electron chi connectivity index (χ3n) is 3.54. The van der Waals surface area contributed by atoms with Crippen molar-refractivity contribution in [2.45, 2.75) is 38.6 Å². The van der Waals surface area contributed by atoms with Crippen LogP contribution in [0.25, 0.3) is 0 Å². The molecule has 1 aliphatic rings. The lowest BCUT2D eigenvalue weighted by molar-refractivity contribution is 0.238. The molecule has 16 heavy (non-hydrogen) atoms. The van der Waals surface area contributed by atoms with Crippen molar-refractivity contribution in [3.63, 3.8) is 0 Å². The van der Waals surface area contributed by atoms with E-state index in [2.05, 4.69) is 36.5 Å². The number of nitrogens with one attached hydrogen (secondary N) is 1. The second-order valence-electron chi connectivity index (χ2n) is 4.85. The second kappa shape index (κ2) is 5.35. The fourth-order valence-electron chi connectivity index (χ4n) is 2.62. The molecule has 88 valence electrons. The van der Waals surface area contributed by atoms with Crippen molar-refractivity contribution in [1.82, 2.24) is 0 Å². The van der Waals surface area contributed by atoms with Gasteiger partial charge in [0.2, 0.25) is 0 Å². The highest BCUT2D eigenvalue weighted by Gasteiger charge is 2.24. The van der Waals surface area contributed by atoms with Crippen LogP contribution in [0.4, 0.5) is 5.69 Å². The Bertz CT molecular complexity index is 331. The Labute approximate surface area is 97.7 Å². The van der Waals surface area contributed by atoms with Gasteiger partial charge in [-0.05, 0) is 43.4 Å². The van der Waals surface area contributed by atoms with E-state index in [0.29, 0.717) is 5.92 Å². The van der Waals surface area contributed by atoms with Crippen LogP contribution in [0.5, 0.6) is 0 Å². The molecule has 1 unspecified atom stereocenters. The predicted molar refractivity (Wildman–Crippen MR) is 67.6 cm³/mol. The van der Waals surface area contributed by atoms with Gasteiger partial charge in [-0.25, -0.2) is 0 Å². The van der Waals surface area contributed by atoms with Gasteiger partial charge in [0.05, 0.1) is 12.6 Å². The largest absolute Gasteiger partial charge is 0.394 e. The topological polar surface area (TPSA) is 32.3 Å². The van der Waals surface area contributed by atoms with Gasteiger partial charge in [-0.1, -0.05) is 25.0 Å². The summed E-state index contributed by atoms with van der Waals surface area (Å²) in [5.74, 6) is 0.644. The van der Waals surface area contributed by atoms with E-state index in [0.717, 1.165) is 5.69 Å². The lowest BCUT2D eigenvalue weighted by atomic mass is 9.98. The van der Waals surface area contributed by atoms with Crippen molar-refractivity contribution in [3.05, 3.63) is 29.8 Å². The first-order valence-electron chi connectivity index (χ1n) is 6.23. The van der Waals surface area contributed by atoms with Gasteiger partial charge in [0, 0.05) is 5.69 Å². The first kappa shape index (κ1) is 11.5. The highest BCUT2D eigenvalue weighted by atomic mass is 16.3. The average Bonchev–Trinajstić information content (AvgIpc) is 2.79. The molecule has 1 aliphatic carbocycles. The van der Waals surface area contributed by atoms with E-state index in [-0.39, 0.29) is 12.6 Å². The molecule has 1 saturated carbocycles. The minimum absolute atomic E-state index is 0.226. The molecule has 1 atom stereocenters. The SMILES string of the molecule is Cc1cccc(NC(CO)C2CCCC2)c1. The van der Waals surface area contributed by atoms with E-state index in [1.54, 1.807) is 0 Å². The molecule has 0 radical (unpaired) electrons. The number of aryl methyl sites for hydroxylation is 1. The average molecular weight is 219 g/mol. The molecule has 1 aromatic carbocycles. The van der Waals surface area contributed by atoms with Crippen LogP contribution in [0.3, 0.4) is 0 Å². The zero-order chi connectivity index (χ0) is 11.4. The molecule has 0 bridgehead atoms. The van der Waals surface area contributed by atoms with Crippen molar-refractivity contribution >= 4 is 5.69 Å². The third kappa shape index (κ3) is 2.76. The normalized spacial score (nSPS) is 18.6. The number of aliphatic hydroxyl groups excluding tert-OH is 1. The minimum Gasteiger partial charge on any atom is -0.394 e. The fraction of sp³-hybridized carbons (Fsp3) is 0.571. The maximum absolute atomic E-state index is 9.45. The van der Waals surface area contributed by atoms with Crippen LogP contribution >= 0.6 is 0 Å². The monoisotopic (exact) mass is 219 g/mol. The molecule has 0 spiro atoms. The summed E-state index contributed by atoms with van der Waals surface area (Å²) in [7, 11) is 0. The Morgan fingerprint density at radius 3 is 2.75 bits per heavy atom. The zero-order valence-corrected chi connectivity index (χ0v) is 9.95. The molecule has 1 fully saturated rings. The first-order chi connectivity index (χ1) is 7.79. The van der Waals surface area contributed by atoms with E-state index < -0.39 is 0 Å². The molecular weight excluding hydrogens is 198 g/mol. The molecule has 1 aromatic rings. The van der Waals surface area contributed by atoms with E-state index >= 15 is 0 Å². The first-order valence-corrected chi connectivity index (χ1v) is 6.23. The van der Waals surface area contributed by atoms with Crippen molar-refractivity contribution in [2.24, 2.45) is 5.92 Å². The zero-order valence-electron chi connectivity index (χ0n) is 9.95. The van der Waals surface area contributed by atoms with E-state index in [4.69, 9.17) is 0 Å². The molecular formula is C14H21NO. The third-order valence-corrected chi connectivity index (χ3v) is 3.54. The summed E-state index contributed by atoms with van der Waals surface area (Å²) < 4.78 is 0. The van der Waals surface area contributed by atoms with Crippen LogP contribution in [0, 0.1) is 12.8 Å². The molecule has 2 N–H and O–H groups in total. The van der Waals surface area contributed by atoms with Crippen molar-refractivity contribution in [2.75, 3.05) is 11.9 Å². The molecule has 0 aromatic heterocycles. The Morgan fingerprint density at radius 1 is 1.38 bits per heavy atom. The van der Waals surface area contributed by atoms with Crippen molar-refractivity contribution < 1.29 is 5.11 Å². The number of hydrogen-bond acceptors (Lipinski definition) is 2. The number of rotatable bonds is 4. The molecule has 2 rings (SSSR count). The quantitative estimate of drug-likeness (QED) is 0.816. The van der Waals surface area contributed by atoms with Gasteiger partial charge >= 0.3 is 0 Å². The second-order valence-corrected chi connectivity index (χ2v) is 4.85. The summed E-state index contributed by atoms with van der Waals surface area (Å²) in [4.78, 5) is 0. The summed E-state index contributed by atoms with van der Waals surface area (Å²) in [6.45, 7) is 2.33.